The molecule has 0 aliphatic carbocycles. The van der Waals surface area contributed by atoms with Crippen molar-refractivity contribution in [2.75, 3.05) is 26.2 Å². The quantitative estimate of drug-likeness (QED) is 0.840. The molecule has 6 nitrogen and oxygen atoms in total. The number of rotatable bonds is 5. The predicted octanol–water partition coefficient (Wildman–Crippen LogP) is 2.04. The maximum Gasteiger partial charge on any atom is 0.244 e. The third-order valence-corrected chi connectivity index (χ3v) is 7.21. The normalized spacial score (nSPS) is 22.8. The van der Waals surface area contributed by atoms with Gasteiger partial charge in [-0.05, 0) is 37.8 Å². The molecule has 1 unspecified atom stereocenters. The van der Waals surface area contributed by atoms with Gasteiger partial charge in [0.05, 0.1) is 11.1 Å². The molecule has 25 heavy (non-hydrogen) atoms. The molecule has 1 amide bonds. The zero-order valence-electron chi connectivity index (χ0n) is 14.0. The number of carbonyl (C=O) groups is 1. The van der Waals surface area contributed by atoms with E-state index in [0.717, 1.165) is 19.4 Å². The smallest absolute Gasteiger partial charge is 0.244 e. The van der Waals surface area contributed by atoms with E-state index < -0.39 is 10.0 Å². The van der Waals surface area contributed by atoms with Gasteiger partial charge in [0, 0.05) is 32.2 Å². The van der Waals surface area contributed by atoms with Gasteiger partial charge < -0.3 is 10.1 Å². The van der Waals surface area contributed by atoms with Crippen LogP contribution in [0.5, 0.6) is 0 Å². The molecule has 1 aromatic carbocycles. The van der Waals surface area contributed by atoms with E-state index >= 15 is 0 Å². The monoisotopic (exact) mass is 386 g/mol. The lowest BCUT2D eigenvalue weighted by atomic mass is 9.97. The van der Waals surface area contributed by atoms with E-state index in [1.165, 1.54) is 10.4 Å². The fourth-order valence-corrected chi connectivity index (χ4v) is 5.28. The minimum atomic E-state index is -3.62. The number of amides is 1. The number of sulfonamides is 1. The summed E-state index contributed by atoms with van der Waals surface area (Å²) >= 11 is 6.03. The van der Waals surface area contributed by atoms with Crippen molar-refractivity contribution in [1.29, 1.82) is 0 Å². The third kappa shape index (κ3) is 4.34. The maximum atomic E-state index is 12.7. The average Bonchev–Trinajstić information content (AvgIpc) is 3.13. The van der Waals surface area contributed by atoms with Crippen LogP contribution in [0.25, 0.3) is 0 Å². The number of hydrogen-bond acceptors (Lipinski definition) is 4. The second-order valence-corrected chi connectivity index (χ2v) is 8.80. The SMILES string of the molecule is O=C(NCC1CCCO1)C1CCN(S(=O)(=O)c2ccccc2Cl)CC1. The number of halogens is 1. The number of nitrogens with one attached hydrogen (secondary N) is 1. The summed E-state index contributed by atoms with van der Waals surface area (Å²) in [5.74, 6) is -0.163. The fourth-order valence-electron chi connectivity index (χ4n) is 3.32. The average molecular weight is 387 g/mol. The molecule has 1 aromatic rings. The van der Waals surface area contributed by atoms with Gasteiger partial charge in [0.25, 0.3) is 0 Å². The maximum absolute atomic E-state index is 12.7. The molecule has 1 atom stereocenters. The topological polar surface area (TPSA) is 75.7 Å². The molecule has 2 fully saturated rings. The van der Waals surface area contributed by atoms with Crippen molar-refractivity contribution in [1.82, 2.24) is 9.62 Å². The van der Waals surface area contributed by atoms with E-state index in [0.29, 0.717) is 32.5 Å². The van der Waals surface area contributed by atoms with Gasteiger partial charge in [-0.25, -0.2) is 8.42 Å². The van der Waals surface area contributed by atoms with Crippen LogP contribution >= 0.6 is 11.6 Å². The van der Waals surface area contributed by atoms with Crippen LogP contribution in [0.4, 0.5) is 0 Å². The molecule has 138 valence electrons. The van der Waals surface area contributed by atoms with Crippen LogP contribution in [0.2, 0.25) is 5.02 Å². The highest BCUT2D eigenvalue weighted by Crippen LogP contribution is 2.28. The van der Waals surface area contributed by atoms with E-state index in [-0.39, 0.29) is 27.8 Å². The summed E-state index contributed by atoms with van der Waals surface area (Å²) in [4.78, 5) is 12.4. The molecule has 0 aromatic heterocycles. The first-order valence-corrected chi connectivity index (χ1v) is 10.4. The molecule has 3 rings (SSSR count). The molecule has 0 radical (unpaired) electrons. The van der Waals surface area contributed by atoms with Gasteiger partial charge in [0.1, 0.15) is 4.90 Å². The summed E-state index contributed by atoms with van der Waals surface area (Å²) < 4.78 is 32.3. The van der Waals surface area contributed by atoms with Crippen LogP contribution < -0.4 is 5.32 Å². The predicted molar refractivity (Wildman–Crippen MR) is 94.9 cm³/mol. The van der Waals surface area contributed by atoms with Crippen molar-refractivity contribution in [3.8, 4) is 0 Å². The molecule has 8 heteroatoms. The molecule has 0 spiro atoms. The van der Waals surface area contributed by atoms with Crippen molar-refractivity contribution in [2.24, 2.45) is 5.92 Å². The Hall–Kier alpha value is -1.15. The number of hydrogen-bond donors (Lipinski definition) is 1. The summed E-state index contributed by atoms with van der Waals surface area (Å²) in [7, 11) is -3.62. The van der Waals surface area contributed by atoms with Crippen molar-refractivity contribution in [3.63, 3.8) is 0 Å². The zero-order chi connectivity index (χ0) is 17.9. The van der Waals surface area contributed by atoms with Crippen LogP contribution in [-0.2, 0) is 19.6 Å². The van der Waals surface area contributed by atoms with Gasteiger partial charge in [-0.2, -0.15) is 4.31 Å². The van der Waals surface area contributed by atoms with Gasteiger partial charge in [-0.3, -0.25) is 4.79 Å². The lowest BCUT2D eigenvalue weighted by Gasteiger charge is -2.31. The number of ether oxygens (including phenoxy) is 1. The van der Waals surface area contributed by atoms with Gasteiger partial charge in [0.2, 0.25) is 15.9 Å². The third-order valence-electron chi connectivity index (χ3n) is 4.81. The highest BCUT2D eigenvalue weighted by molar-refractivity contribution is 7.89. The Labute approximate surface area is 153 Å². The van der Waals surface area contributed by atoms with Crippen LogP contribution in [0.15, 0.2) is 29.2 Å². The molecule has 2 aliphatic heterocycles. The Balaban J connectivity index is 1.54. The minimum Gasteiger partial charge on any atom is -0.376 e. The first-order valence-electron chi connectivity index (χ1n) is 8.62. The van der Waals surface area contributed by atoms with E-state index in [2.05, 4.69) is 5.32 Å². The number of nitrogens with zero attached hydrogens (tertiary/aromatic N) is 1. The summed E-state index contributed by atoms with van der Waals surface area (Å²) in [6, 6.07) is 6.44. The Kier molecular flexibility index (Phi) is 5.99. The molecule has 2 aliphatic rings. The van der Waals surface area contributed by atoms with Crippen LogP contribution in [0, 0.1) is 5.92 Å². The van der Waals surface area contributed by atoms with Crippen molar-refractivity contribution in [3.05, 3.63) is 29.3 Å². The Morgan fingerprint density at radius 1 is 1.24 bits per heavy atom. The van der Waals surface area contributed by atoms with Crippen LogP contribution in [-0.4, -0.2) is 51.0 Å². The highest BCUT2D eigenvalue weighted by atomic mass is 35.5. The van der Waals surface area contributed by atoms with Gasteiger partial charge in [-0.1, -0.05) is 23.7 Å². The molecule has 0 saturated carbocycles. The summed E-state index contributed by atoms with van der Waals surface area (Å²) in [6.45, 7) is 1.95. The molecular weight excluding hydrogens is 364 g/mol. The van der Waals surface area contributed by atoms with Crippen molar-refractivity contribution >= 4 is 27.5 Å². The van der Waals surface area contributed by atoms with E-state index in [1.54, 1.807) is 18.2 Å². The van der Waals surface area contributed by atoms with Crippen molar-refractivity contribution in [2.45, 2.75) is 36.7 Å². The lowest BCUT2D eigenvalue weighted by Crippen LogP contribution is -2.44. The van der Waals surface area contributed by atoms with Crippen molar-refractivity contribution < 1.29 is 17.9 Å². The summed E-state index contributed by atoms with van der Waals surface area (Å²) in [5, 5.41) is 3.16. The van der Waals surface area contributed by atoms with Gasteiger partial charge in [-0.15, -0.1) is 0 Å². The van der Waals surface area contributed by atoms with Crippen LogP contribution in [0.3, 0.4) is 0 Å². The zero-order valence-corrected chi connectivity index (χ0v) is 15.6. The van der Waals surface area contributed by atoms with Crippen LogP contribution in [0.1, 0.15) is 25.7 Å². The summed E-state index contributed by atoms with van der Waals surface area (Å²) in [5.41, 5.74) is 0. The lowest BCUT2D eigenvalue weighted by molar-refractivity contribution is -0.126. The highest BCUT2D eigenvalue weighted by Gasteiger charge is 2.33. The largest absolute Gasteiger partial charge is 0.376 e. The van der Waals surface area contributed by atoms with Gasteiger partial charge >= 0.3 is 0 Å². The second-order valence-electron chi connectivity index (χ2n) is 6.49. The number of piperidine rings is 1. The Morgan fingerprint density at radius 3 is 2.60 bits per heavy atom. The van der Waals surface area contributed by atoms with Gasteiger partial charge in [0.15, 0.2) is 0 Å². The first-order chi connectivity index (χ1) is 12.0. The first kappa shape index (κ1) is 18.6. The second kappa shape index (κ2) is 8.03. The van der Waals surface area contributed by atoms with E-state index in [4.69, 9.17) is 16.3 Å². The molecule has 2 heterocycles. The van der Waals surface area contributed by atoms with E-state index in [9.17, 15) is 13.2 Å². The Morgan fingerprint density at radius 2 is 1.96 bits per heavy atom. The molecule has 1 N–H and O–H groups in total. The number of benzene rings is 1. The fraction of sp³-hybridized carbons (Fsp3) is 0.588. The molecular formula is C17H23ClN2O4S. The molecule has 2 saturated heterocycles. The Bertz CT molecular complexity index is 711. The standard InChI is InChI=1S/C17H23ClN2O4S/c18-15-5-1-2-6-16(15)25(22,23)20-9-7-13(8-10-20)17(21)19-12-14-4-3-11-24-14/h1-2,5-6,13-14H,3-4,7-12H2,(H,19,21). The van der Waals surface area contributed by atoms with E-state index in [1.807, 2.05) is 0 Å². The summed E-state index contributed by atoms with van der Waals surface area (Å²) in [6.07, 6.45) is 3.17. The number of carbonyl (C=O) groups excluding carboxylic acids is 1. The minimum absolute atomic E-state index is 0.00899. The molecule has 0 bridgehead atoms.